The summed E-state index contributed by atoms with van der Waals surface area (Å²) in [6, 6.07) is 6.99. The Kier molecular flexibility index (Phi) is 3.94. The number of hydrogen-bond donors (Lipinski definition) is 2. The zero-order valence-electron chi connectivity index (χ0n) is 11.6. The summed E-state index contributed by atoms with van der Waals surface area (Å²) in [4.78, 5) is 12.8. The van der Waals surface area contributed by atoms with Crippen LogP contribution in [-0.2, 0) is 0 Å². The molecule has 1 atom stereocenters. The van der Waals surface area contributed by atoms with Crippen LogP contribution in [0.3, 0.4) is 0 Å². The van der Waals surface area contributed by atoms with Gasteiger partial charge in [0.2, 0.25) is 0 Å². The molecule has 2 rings (SSSR count). The van der Waals surface area contributed by atoms with Gasteiger partial charge in [-0.05, 0) is 44.5 Å². The number of nitrogens with two attached hydrogens (primary N) is 1. The third-order valence-corrected chi connectivity index (χ3v) is 4.13. The molecule has 0 aliphatic carbocycles. The van der Waals surface area contributed by atoms with E-state index in [-0.39, 0.29) is 17.4 Å². The summed E-state index contributed by atoms with van der Waals surface area (Å²) in [7, 11) is 0. The van der Waals surface area contributed by atoms with Crippen molar-refractivity contribution in [2.45, 2.75) is 26.8 Å². The summed E-state index contributed by atoms with van der Waals surface area (Å²) in [6.07, 6.45) is 0. The predicted molar refractivity (Wildman–Crippen MR) is 83.3 cm³/mol. The van der Waals surface area contributed by atoms with E-state index in [9.17, 15) is 10.1 Å². The molecule has 1 unspecified atom stereocenters. The van der Waals surface area contributed by atoms with E-state index in [1.807, 2.05) is 0 Å². The number of benzene rings is 1. The van der Waals surface area contributed by atoms with Gasteiger partial charge in [-0.1, -0.05) is 0 Å². The van der Waals surface area contributed by atoms with Gasteiger partial charge in [0.05, 0.1) is 4.92 Å². The molecule has 106 valence electrons. The van der Waals surface area contributed by atoms with E-state index < -0.39 is 4.92 Å². The fourth-order valence-electron chi connectivity index (χ4n) is 2.22. The van der Waals surface area contributed by atoms with Crippen molar-refractivity contribution in [2.75, 3.05) is 11.1 Å². The second-order valence-corrected chi connectivity index (χ2v) is 6.23. The van der Waals surface area contributed by atoms with E-state index in [1.54, 1.807) is 23.5 Å². The van der Waals surface area contributed by atoms with Crippen LogP contribution in [0, 0.1) is 24.0 Å². The zero-order valence-corrected chi connectivity index (χ0v) is 12.5. The number of nitro benzene ring substituents is 1. The molecular weight excluding hydrogens is 274 g/mol. The molecule has 0 fully saturated rings. The van der Waals surface area contributed by atoms with Crippen molar-refractivity contribution < 1.29 is 4.92 Å². The molecule has 20 heavy (non-hydrogen) atoms. The Morgan fingerprint density at radius 2 is 2.05 bits per heavy atom. The maximum Gasteiger partial charge on any atom is 0.292 e. The van der Waals surface area contributed by atoms with Crippen LogP contribution in [0.2, 0.25) is 0 Å². The molecular formula is C14H17N3O2S. The van der Waals surface area contributed by atoms with Crippen LogP contribution in [0.15, 0.2) is 24.3 Å². The maximum absolute atomic E-state index is 10.7. The van der Waals surface area contributed by atoms with Crippen LogP contribution < -0.4 is 11.1 Å². The summed E-state index contributed by atoms with van der Waals surface area (Å²) in [5, 5.41) is 14.1. The molecule has 6 heteroatoms. The Bertz CT molecular complexity index is 652. The third-order valence-electron chi connectivity index (χ3n) is 3.15. The molecule has 1 aromatic carbocycles. The summed E-state index contributed by atoms with van der Waals surface area (Å²) >= 11 is 1.76. The average Bonchev–Trinajstić information content (AvgIpc) is 2.68. The van der Waals surface area contributed by atoms with Crippen LogP contribution in [0.1, 0.15) is 28.3 Å². The lowest BCUT2D eigenvalue weighted by atomic mass is 10.1. The maximum atomic E-state index is 10.7. The van der Waals surface area contributed by atoms with Crippen molar-refractivity contribution in [3.05, 3.63) is 49.7 Å². The first kappa shape index (κ1) is 14.3. The first-order chi connectivity index (χ1) is 9.38. The number of nitrogens with one attached hydrogen (secondary N) is 1. The van der Waals surface area contributed by atoms with Gasteiger partial charge in [-0.3, -0.25) is 10.1 Å². The second-order valence-electron chi connectivity index (χ2n) is 4.77. The van der Waals surface area contributed by atoms with E-state index in [0.29, 0.717) is 0 Å². The number of anilines is 2. The van der Waals surface area contributed by atoms with Gasteiger partial charge < -0.3 is 11.1 Å². The van der Waals surface area contributed by atoms with Crippen molar-refractivity contribution in [2.24, 2.45) is 0 Å². The minimum Gasteiger partial charge on any atom is -0.393 e. The molecule has 0 bridgehead atoms. The summed E-state index contributed by atoms with van der Waals surface area (Å²) in [5.74, 6) is 0. The van der Waals surface area contributed by atoms with E-state index >= 15 is 0 Å². The Hall–Kier alpha value is -2.08. The van der Waals surface area contributed by atoms with Gasteiger partial charge in [0.25, 0.3) is 5.69 Å². The van der Waals surface area contributed by atoms with Gasteiger partial charge in [0.15, 0.2) is 0 Å². The monoisotopic (exact) mass is 291 g/mol. The predicted octanol–water partition coefficient (Wildman–Crippen LogP) is 4.03. The molecule has 0 radical (unpaired) electrons. The highest BCUT2D eigenvalue weighted by Crippen LogP contribution is 2.30. The number of nitro groups is 1. The highest BCUT2D eigenvalue weighted by Gasteiger charge is 2.14. The van der Waals surface area contributed by atoms with Crippen molar-refractivity contribution >= 4 is 28.4 Å². The first-order valence-corrected chi connectivity index (χ1v) is 7.07. The fraction of sp³-hybridized carbons (Fsp3) is 0.286. The van der Waals surface area contributed by atoms with Gasteiger partial charge in [-0.2, -0.15) is 0 Å². The van der Waals surface area contributed by atoms with E-state index in [2.05, 4.69) is 32.2 Å². The van der Waals surface area contributed by atoms with Crippen LogP contribution in [0.4, 0.5) is 17.1 Å². The normalized spacial score (nSPS) is 12.2. The Morgan fingerprint density at radius 3 is 2.55 bits per heavy atom. The SMILES string of the molecule is Cc1cc(C(C)Nc2ccc([N+](=O)[O-])c(N)c2)c(C)s1. The van der Waals surface area contributed by atoms with Crippen molar-refractivity contribution in [3.8, 4) is 0 Å². The molecule has 1 aromatic heterocycles. The smallest absolute Gasteiger partial charge is 0.292 e. The van der Waals surface area contributed by atoms with E-state index in [0.717, 1.165) is 5.69 Å². The quantitative estimate of drug-likeness (QED) is 0.506. The standard InChI is InChI=1S/C14H17N3O2S/c1-8-6-12(10(3)20-8)9(2)16-11-4-5-14(17(18)19)13(15)7-11/h4-7,9,16H,15H2,1-3H3. The highest BCUT2D eigenvalue weighted by atomic mass is 32.1. The Balaban J connectivity index is 2.20. The molecule has 0 amide bonds. The fourth-order valence-corrected chi connectivity index (χ4v) is 3.24. The lowest BCUT2D eigenvalue weighted by Crippen LogP contribution is -2.07. The van der Waals surface area contributed by atoms with Crippen LogP contribution in [0.25, 0.3) is 0 Å². The highest BCUT2D eigenvalue weighted by molar-refractivity contribution is 7.12. The number of thiophene rings is 1. The second kappa shape index (κ2) is 5.50. The Morgan fingerprint density at radius 1 is 1.35 bits per heavy atom. The average molecular weight is 291 g/mol. The molecule has 2 aromatic rings. The lowest BCUT2D eigenvalue weighted by Gasteiger charge is -2.15. The van der Waals surface area contributed by atoms with Crippen molar-refractivity contribution in [1.82, 2.24) is 0 Å². The van der Waals surface area contributed by atoms with Crippen molar-refractivity contribution in [1.29, 1.82) is 0 Å². The molecule has 3 N–H and O–H groups in total. The van der Waals surface area contributed by atoms with Crippen LogP contribution >= 0.6 is 11.3 Å². The Labute approximate surface area is 121 Å². The molecule has 5 nitrogen and oxygen atoms in total. The molecule has 0 saturated heterocycles. The number of nitrogens with zero attached hydrogens (tertiary/aromatic N) is 1. The molecule has 0 spiro atoms. The summed E-state index contributed by atoms with van der Waals surface area (Å²) in [5.41, 5.74) is 7.82. The van der Waals surface area contributed by atoms with E-state index in [4.69, 9.17) is 5.73 Å². The largest absolute Gasteiger partial charge is 0.393 e. The zero-order chi connectivity index (χ0) is 14.9. The van der Waals surface area contributed by atoms with Gasteiger partial charge >= 0.3 is 0 Å². The van der Waals surface area contributed by atoms with Gasteiger partial charge in [0, 0.05) is 27.5 Å². The molecule has 0 aliphatic rings. The number of rotatable bonds is 4. The number of aryl methyl sites for hydroxylation is 2. The van der Waals surface area contributed by atoms with Gasteiger partial charge in [-0.25, -0.2) is 0 Å². The molecule has 0 aliphatic heterocycles. The summed E-state index contributed by atoms with van der Waals surface area (Å²) in [6.45, 7) is 6.24. The number of hydrogen-bond acceptors (Lipinski definition) is 5. The lowest BCUT2D eigenvalue weighted by molar-refractivity contribution is -0.383. The minimum atomic E-state index is -0.477. The van der Waals surface area contributed by atoms with Crippen molar-refractivity contribution in [3.63, 3.8) is 0 Å². The number of nitrogen functional groups attached to an aromatic ring is 1. The topological polar surface area (TPSA) is 81.2 Å². The first-order valence-electron chi connectivity index (χ1n) is 6.26. The minimum absolute atomic E-state index is 0.0641. The van der Waals surface area contributed by atoms with Crippen LogP contribution in [-0.4, -0.2) is 4.92 Å². The third kappa shape index (κ3) is 2.91. The van der Waals surface area contributed by atoms with E-state index in [1.165, 1.54) is 21.4 Å². The van der Waals surface area contributed by atoms with Crippen LogP contribution in [0.5, 0.6) is 0 Å². The molecule has 0 saturated carbocycles. The molecule has 1 heterocycles. The van der Waals surface area contributed by atoms with Gasteiger partial charge in [0.1, 0.15) is 5.69 Å². The van der Waals surface area contributed by atoms with Gasteiger partial charge in [-0.15, -0.1) is 11.3 Å². The summed E-state index contributed by atoms with van der Waals surface area (Å²) < 4.78 is 0.